The van der Waals surface area contributed by atoms with Crippen LogP contribution in [0.2, 0.25) is 0 Å². The summed E-state index contributed by atoms with van der Waals surface area (Å²) in [6.45, 7) is 4.37. The Hall–Kier alpha value is -1.22. The highest BCUT2D eigenvalue weighted by Gasteiger charge is 2.18. The third-order valence-corrected chi connectivity index (χ3v) is 3.98. The maximum Gasteiger partial charge on any atom is 0.130 e. The largest absolute Gasteiger partial charge is 0.311 e. The van der Waals surface area contributed by atoms with Crippen molar-refractivity contribution in [3.8, 4) is 0 Å². The molecule has 0 spiro atoms. The summed E-state index contributed by atoms with van der Waals surface area (Å²) in [7, 11) is 0. The molecule has 1 aromatic carbocycles. The van der Waals surface area contributed by atoms with E-state index in [1.165, 1.54) is 30.3 Å². The Labute approximate surface area is 119 Å². The number of hydrogen-bond donors (Lipinski definition) is 0. The summed E-state index contributed by atoms with van der Waals surface area (Å²) in [6.07, 6.45) is 4.70. The maximum atomic E-state index is 5.93. The first-order valence-electron chi connectivity index (χ1n) is 7.09. The molecule has 3 rings (SSSR count). The second kappa shape index (κ2) is 5.41. The van der Waals surface area contributed by atoms with Gasteiger partial charge in [-0.05, 0) is 43.9 Å². The number of hydrogen-bond acceptors (Lipinski definition) is 2. The van der Waals surface area contributed by atoms with Crippen molar-refractivity contribution < 1.29 is 0 Å². The molecular formula is C15H20ClN3. The van der Waals surface area contributed by atoms with E-state index in [1.807, 2.05) is 0 Å². The highest BCUT2D eigenvalue weighted by Crippen LogP contribution is 2.21. The van der Waals surface area contributed by atoms with Crippen molar-refractivity contribution in [3.63, 3.8) is 0 Å². The van der Waals surface area contributed by atoms with E-state index < -0.39 is 0 Å². The summed E-state index contributed by atoms with van der Waals surface area (Å²) in [5.74, 6) is 1.72. The molecule has 0 radical (unpaired) electrons. The van der Waals surface area contributed by atoms with Crippen LogP contribution in [0, 0.1) is 6.92 Å². The lowest BCUT2D eigenvalue weighted by Gasteiger charge is -2.31. The summed E-state index contributed by atoms with van der Waals surface area (Å²) >= 11 is 5.93. The van der Waals surface area contributed by atoms with Gasteiger partial charge < -0.3 is 5.01 Å². The SMILES string of the molecule is Cc1ccc2nc(CCCl)n(N3CCCCC3)c2c1. The lowest BCUT2D eigenvalue weighted by Crippen LogP contribution is -2.40. The minimum absolute atomic E-state index is 0.621. The van der Waals surface area contributed by atoms with Crippen LogP contribution in [0.25, 0.3) is 11.0 Å². The molecule has 0 saturated carbocycles. The van der Waals surface area contributed by atoms with Gasteiger partial charge in [-0.2, -0.15) is 0 Å². The lowest BCUT2D eigenvalue weighted by molar-refractivity contribution is 0.476. The summed E-state index contributed by atoms with van der Waals surface area (Å²) < 4.78 is 2.31. The van der Waals surface area contributed by atoms with Crippen LogP contribution in [0.1, 0.15) is 30.7 Å². The van der Waals surface area contributed by atoms with E-state index >= 15 is 0 Å². The van der Waals surface area contributed by atoms with Crippen LogP contribution in [0.15, 0.2) is 18.2 Å². The van der Waals surface area contributed by atoms with Crippen molar-refractivity contribution in [1.82, 2.24) is 9.66 Å². The minimum Gasteiger partial charge on any atom is -0.311 e. The lowest BCUT2D eigenvalue weighted by atomic mass is 10.2. The van der Waals surface area contributed by atoms with Gasteiger partial charge in [-0.15, -0.1) is 11.6 Å². The van der Waals surface area contributed by atoms with Gasteiger partial charge in [0.1, 0.15) is 5.82 Å². The third-order valence-electron chi connectivity index (χ3n) is 3.79. The molecule has 1 saturated heterocycles. The molecule has 0 aliphatic carbocycles. The number of fused-ring (bicyclic) bond motifs is 1. The van der Waals surface area contributed by atoms with Crippen LogP contribution < -0.4 is 5.01 Å². The Morgan fingerprint density at radius 2 is 2.00 bits per heavy atom. The first-order valence-corrected chi connectivity index (χ1v) is 7.62. The summed E-state index contributed by atoms with van der Waals surface area (Å²) in [4.78, 5) is 4.76. The van der Waals surface area contributed by atoms with Gasteiger partial charge in [-0.1, -0.05) is 6.07 Å². The fraction of sp³-hybridized carbons (Fsp3) is 0.533. The van der Waals surface area contributed by atoms with Gasteiger partial charge in [0.15, 0.2) is 0 Å². The Balaban J connectivity index is 2.11. The monoisotopic (exact) mass is 277 g/mol. The Morgan fingerprint density at radius 3 is 2.74 bits per heavy atom. The molecule has 3 nitrogen and oxygen atoms in total. The number of rotatable bonds is 3. The Morgan fingerprint density at radius 1 is 1.21 bits per heavy atom. The van der Waals surface area contributed by atoms with E-state index in [1.54, 1.807) is 0 Å². The molecule has 0 unspecified atom stereocenters. The molecule has 1 aliphatic rings. The molecule has 2 heterocycles. The highest BCUT2D eigenvalue weighted by molar-refractivity contribution is 6.17. The first-order chi connectivity index (χ1) is 9.29. The van der Waals surface area contributed by atoms with E-state index in [-0.39, 0.29) is 0 Å². The molecule has 0 bridgehead atoms. The van der Waals surface area contributed by atoms with E-state index in [9.17, 15) is 0 Å². The zero-order valence-electron chi connectivity index (χ0n) is 11.4. The van der Waals surface area contributed by atoms with Crippen LogP contribution in [0.4, 0.5) is 0 Å². The summed E-state index contributed by atoms with van der Waals surface area (Å²) in [5.41, 5.74) is 3.58. The molecule has 1 aromatic heterocycles. The van der Waals surface area contributed by atoms with Crippen LogP contribution in [-0.4, -0.2) is 28.6 Å². The Bertz CT molecular complexity index is 570. The molecule has 4 heteroatoms. The molecule has 0 atom stereocenters. The van der Waals surface area contributed by atoms with E-state index in [0.717, 1.165) is 30.9 Å². The predicted octanol–water partition coefficient (Wildman–Crippen LogP) is 3.25. The summed E-state index contributed by atoms with van der Waals surface area (Å²) in [6, 6.07) is 6.47. The number of aryl methyl sites for hydroxylation is 2. The number of alkyl halides is 1. The fourth-order valence-electron chi connectivity index (χ4n) is 2.86. The van der Waals surface area contributed by atoms with Gasteiger partial charge in [0, 0.05) is 25.4 Å². The van der Waals surface area contributed by atoms with Gasteiger partial charge in [0.05, 0.1) is 11.0 Å². The first kappa shape index (κ1) is 12.8. The molecule has 102 valence electrons. The summed E-state index contributed by atoms with van der Waals surface area (Å²) in [5, 5.41) is 2.43. The molecule has 1 fully saturated rings. The van der Waals surface area contributed by atoms with Crippen LogP contribution in [0.3, 0.4) is 0 Å². The van der Waals surface area contributed by atoms with Crippen molar-refractivity contribution >= 4 is 22.6 Å². The van der Waals surface area contributed by atoms with Crippen molar-refractivity contribution in [2.24, 2.45) is 0 Å². The van der Waals surface area contributed by atoms with Crippen molar-refractivity contribution in [3.05, 3.63) is 29.6 Å². The quantitative estimate of drug-likeness (QED) is 0.803. The van der Waals surface area contributed by atoms with Gasteiger partial charge in [0.25, 0.3) is 0 Å². The average molecular weight is 278 g/mol. The van der Waals surface area contributed by atoms with Crippen LogP contribution >= 0.6 is 11.6 Å². The Kier molecular flexibility index (Phi) is 3.65. The zero-order chi connectivity index (χ0) is 13.2. The smallest absolute Gasteiger partial charge is 0.130 e. The van der Waals surface area contributed by atoms with Crippen molar-refractivity contribution in [2.45, 2.75) is 32.6 Å². The van der Waals surface area contributed by atoms with Gasteiger partial charge in [-0.3, -0.25) is 0 Å². The zero-order valence-corrected chi connectivity index (χ0v) is 12.2. The topological polar surface area (TPSA) is 21.1 Å². The van der Waals surface area contributed by atoms with Crippen molar-refractivity contribution in [2.75, 3.05) is 24.0 Å². The van der Waals surface area contributed by atoms with Gasteiger partial charge in [0.2, 0.25) is 0 Å². The second-order valence-electron chi connectivity index (χ2n) is 5.29. The predicted molar refractivity (Wildman–Crippen MR) is 80.7 cm³/mol. The number of piperidine rings is 1. The van der Waals surface area contributed by atoms with Crippen LogP contribution in [0.5, 0.6) is 0 Å². The number of imidazole rings is 1. The number of nitrogens with zero attached hydrogens (tertiary/aromatic N) is 3. The standard InChI is InChI=1S/C15H20ClN3/c1-12-5-6-13-14(11-12)19(15(17-13)7-8-16)18-9-3-2-4-10-18/h5-6,11H,2-4,7-10H2,1H3. The number of benzene rings is 1. The van der Waals surface area contributed by atoms with E-state index in [4.69, 9.17) is 16.6 Å². The molecule has 1 aliphatic heterocycles. The maximum absolute atomic E-state index is 5.93. The number of halogens is 1. The minimum atomic E-state index is 0.621. The molecular weight excluding hydrogens is 258 g/mol. The highest BCUT2D eigenvalue weighted by atomic mass is 35.5. The third kappa shape index (κ3) is 2.44. The second-order valence-corrected chi connectivity index (χ2v) is 5.66. The van der Waals surface area contributed by atoms with E-state index in [0.29, 0.717) is 5.88 Å². The molecule has 0 amide bonds. The average Bonchev–Trinajstić information content (AvgIpc) is 2.77. The number of aromatic nitrogens is 2. The molecule has 0 N–H and O–H groups in total. The van der Waals surface area contributed by atoms with E-state index in [2.05, 4.69) is 34.8 Å². The van der Waals surface area contributed by atoms with Gasteiger partial charge in [-0.25, -0.2) is 9.66 Å². The van der Waals surface area contributed by atoms with Gasteiger partial charge >= 0.3 is 0 Å². The fourth-order valence-corrected chi connectivity index (χ4v) is 3.03. The molecule has 19 heavy (non-hydrogen) atoms. The van der Waals surface area contributed by atoms with Crippen LogP contribution in [-0.2, 0) is 6.42 Å². The normalized spacial score (nSPS) is 16.2. The van der Waals surface area contributed by atoms with Crippen molar-refractivity contribution in [1.29, 1.82) is 0 Å². The molecule has 2 aromatic rings.